The van der Waals surface area contributed by atoms with Crippen LogP contribution in [0.4, 0.5) is 20.3 Å². The molecule has 5 nitrogen and oxygen atoms in total. The third-order valence-corrected chi connectivity index (χ3v) is 3.37. The second-order valence-corrected chi connectivity index (χ2v) is 5.32. The van der Waals surface area contributed by atoms with Crippen LogP contribution in [0.2, 0.25) is 0 Å². The Kier molecular flexibility index (Phi) is 6.17. The minimum Gasteiger partial charge on any atom is -0.337 e. The van der Waals surface area contributed by atoms with Gasteiger partial charge in [-0.1, -0.05) is 19.9 Å². The molecule has 2 aromatic rings. The zero-order valence-corrected chi connectivity index (χ0v) is 13.7. The van der Waals surface area contributed by atoms with Crippen LogP contribution in [0, 0.1) is 11.6 Å². The number of anilines is 2. The molecule has 0 saturated carbocycles. The van der Waals surface area contributed by atoms with E-state index in [1.54, 1.807) is 4.90 Å². The Morgan fingerprint density at radius 2 is 1.67 bits per heavy atom. The second kappa shape index (κ2) is 8.33. The van der Waals surface area contributed by atoms with Crippen molar-refractivity contribution in [3.05, 3.63) is 47.7 Å². The fraction of sp³-hybridized carbons (Fsp3) is 0.353. The van der Waals surface area contributed by atoms with Crippen LogP contribution in [0.3, 0.4) is 0 Å². The molecule has 0 atom stereocenters. The topological polar surface area (TPSA) is 58.1 Å². The molecule has 1 heterocycles. The van der Waals surface area contributed by atoms with Gasteiger partial charge in [-0.05, 0) is 37.1 Å². The Balaban J connectivity index is 2.14. The van der Waals surface area contributed by atoms with Crippen molar-refractivity contribution < 1.29 is 13.6 Å². The van der Waals surface area contributed by atoms with E-state index < -0.39 is 11.6 Å². The number of aromatic nitrogens is 2. The summed E-state index contributed by atoms with van der Waals surface area (Å²) in [6.45, 7) is 5.29. The normalized spacial score (nSPS) is 10.5. The molecule has 0 aliphatic rings. The van der Waals surface area contributed by atoms with E-state index in [0.717, 1.165) is 25.0 Å². The SMILES string of the molecule is CCCN(CCC)C(=O)c1ccc(Nc2c(F)cccc2F)nn1. The molecule has 0 radical (unpaired) electrons. The van der Waals surface area contributed by atoms with E-state index in [1.807, 2.05) is 13.8 Å². The average molecular weight is 334 g/mol. The molecule has 128 valence electrons. The number of hydrogen-bond acceptors (Lipinski definition) is 4. The highest BCUT2D eigenvalue weighted by molar-refractivity contribution is 5.92. The van der Waals surface area contributed by atoms with Crippen molar-refractivity contribution in [3.63, 3.8) is 0 Å². The molecule has 0 unspecified atom stereocenters. The summed E-state index contributed by atoms with van der Waals surface area (Å²) < 4.78 is 27.2. The van der Waals surface area contributed by atoms with E-state index in [0.29, 0.717) is 13.1 Å². The Labute approximate surface area is 139 Å². The van der Waals surface area contributed by atoms with Gasteiger partial charge in [-0.3, -0.25) is 4.79 Å². The molecule has 1 aromatic heterocycles. The highest BCUT2D eigenvalue weighted by Gasteiger charge is 2.16. The van der Waals surface area contributed by atoms with Crippen molar-refractivity contribution in [1.82, 2.24) is 15.1 Å². The van der Waals surface area contributed by atoms with Crippen molar-refractivity contribution in [2.75, 3.05) is 18.4 Å². The smallest absolute Gasteiger partial charge is 0.274 e. The lowest BCUT2D eigenvalue weighted by Gasteiger charge is -2.20. The number of nitrogens with one attached hydrogen (secondary N) is 1. The van der Waals surface area contributed by atoms with E-state index in [2.05, 4.69) is 15.5 Å². The summed E-state index contributed by atoms with van der Waals surface area (Å²) in [5.74, 6) is -1.49. The fourth-order valence-corrected chi connectivity index (χ4v) is 2.28. The van der Waals surface area contributed by atoms with Gasteiger partial charge in [0.1, 0.15) is 17.3 Å². The van der Waals surface area contributed by atoms with E-state index in [4.69, 9.17) is 0 Å². The number of amides is 1. The van der Waals surface area contributed by atoms with Crippen molar-refractivity contribution in [1.29, 1.82) is 0 Å². The zero-order chi connectivity index (χ0) is 17.5. The van der Waals surface area contributed by atoms with Gasteiger partial charge in [0.25, 0.3) is 5.91 Å². The van der Waals surface area contributed by atoms with Crippen molar-refractivity contribution in [2.24, 2.45) is 0 Å². The first-order chi connectivity index (χ1) is 11.6. The largest absolute Gasteiger partial charge is 0.337 e. The highest BCUT2D eigenvalue weighted by Crippen LogP contribution is 2.21. The van der Waals surface area contributed by atoms with Crippen molar-refractivity contribution in [2.45, 2.75) is 26.7 Å². The maximum Gasteiger partial charge on any atom is 0.274 e. The Hall–Kier alpha value is -2.57. The molecule has 0 aliphatic heterocycles. The first-order valence-electron chi connectivity index (χ1n) is 7.90. The summed E-state index contributed by atoms with van der Waals surface area (Å²) in [6.07, 6.45) is 1.71. The maximum atomic E-state index is 13.6. The summed E-state index contributed by atoms with van der Waals surface area (Å²) in [5, 5.41) is 10.2. The van der Waals surface area contributed by atoms with Gasteiger partial charge in [0.05, 0.1) is 0 Å². The number of halogens is 2. The van der Waals surface area contributed by atoms with Gasteiger partial charge in [-0.2, -0.15) is 0 Å². The number of benzene rings is 1. The van der Waals surface area contributed by atoms with E-state index >= 15 is 0 Å². The number of carbonyl (C=O) groups is 1. The summed E-state index contributed by atoms with van der Waals surface area (Å²) in [7, 11) is 0. The van der Waals surface area contributed by atoms with Crippen LogP contribution in [0.1, 0.15) is 37.2 Å². The minimum absolute atomic E-state index is 0.160. The molecule has 0 aliphatic carbocycles. The highest BCUT2D eigenvalue weighted by atomic mass is 19.1. The van der Waals surface area contributed by atoms with Crippen LogP contribution in [0.15, 0.2) is 30.3 Å². The molecule has 7 heteroatoms. The van der Waals surface area contributed by atoms with Crippen LogP contribution < -0.4 is 5.32 Å². The average Bonchev–Trinajstić information content (AvgIpc) is 2.58. The standard InChI is InChI=1S/C17H20F2N4O/c1-3-10-23(11-4-2)17(24)14-8-9-15(22-21-14)20-16-12(18)6-5-7-13(16)19/h5-9H,3-4,10-11H2,1-2H3,(H,20,22). The van der Waals surface area contributed by atoms with Crippen LogP contribution in [0.25, 0.3) is 0 Å². The summed E-state index contributed by atoms with van der Waals surface area (Å²) >= 11 is 0. The summed E-state index contributed by atoms with van der Waals surface area (Å²) in [6, 6.07) is 6.53. The fourth-order valence-electron chi connectivity index (χ4n) is 2.28. The molecule has 24 heavy (non-hydrogen) atoms. The first-order valence-corrected chi connectivity index (χ1v) is 7.90. The van der Waals surface area contributed by atoms with E-state index in [-0.39, 0.29) is 23.1 Å². The molecular formula is C17H20F2N4O. The quantitative estimate of drug-likeness (QED) is 0.837. The lowest BCUT2D eigenvalue weighted by atomic mass is 10.2. The summed E-state index contributed by atoms with van der Waals surface area (Å²) in [4.78, 5) is 14.1. The maximum absolute atomic E-state index is 13.6. The first kappa shape index (κ1) is 17.8. The van der Waals surface area contributed by atoms with Gasteiger partial charge >= 0.3 is 0 Å². The predicted molar refractivity (Wildman–Crippen MR) is 88.2 cm³/mol. The monoisotopic (exact) mass is 334 g/mol. The lowest BCUT2D eigenvalue weighted by molar-refractivity contribution is 0.0748. The van der Waals surface area contributed by atoms with Crippen LogP contribution >= 0.6 is 0 Å². The molecule has 0 spiro atoms. The molecular weight excluding hydrogens is 314 g/mol. The Morgan fingerprint density at radius 1 is 1.04 bits per heavy atom. The molecule has 2 rings (SSSR count). The molecule has 1 aromatic carbocycles. The second-order valence-electron chi connectivity index (χ2n) is 5.32. The number of carbonyl (C=O) groups excluding carboxylic acids is 1. The molecule has 0 fully saturated rings. The number of para-hydroxylation sites is 1. The predicted octanol–water partition coefficient (Wildman–Crippen LogP) is 3.76. The molecule has 1 amide bonds. The minimum atomic E-state index is -0.728. The van der Waals surface area contributed by atoms with E-state index in [1.165, 1.54) is 18.2 Å². The van der Waals surface area contributed by atoms with Gasteiger partial charge in [-0.25, -0.2) is 8.78 Å². The third kappa shape index (κ3) is 4.24. The van der Waals surface area contributed by atoms with Crippen molar-refractivity contribution in [3.8, 4) is 0 Å². The summed E-state index contributed by atoms with van der Waals surface area (Å²) in [5.41, 5.74) is -0.0964. The number of hydrogen-bond donors (Lipinski definition) is 1. The van der Waals surface area contributed by atoms with Crippen LogP contribution in [-0.2, 0) is 0 Å². The molecule has 0 saturated heterocycles. The van der Waals surface area contributed by atoms with Crippen LogP contribution in [0.5, 0.6) is 0 Å². The van der Waals surface area contributed by atoms with Crippen LogP contribution in [-0.4, -0.2) is 34.1 Å². The Bertz CT molecular complexity index is 665. The number of rotatable bonds is 7. The van der Waals surface area contributed by atoms with Gasteiger partial charge in [-0.15, -0.1) is 10.2 Å². The van der Waals surface area contributed by atoms with Gasteiger partial charge < -0.3 is 10.2 Å². The Morgan fingerprint density at radius 3 is 2.17 bits per heavy atom. The zero-order valence-electron chi connectivity index (χ0n) is 13.7. The molecule has 1 N–H and O–H groups in total. The van der Waals surface area contributed by atoms with Gasteiger partial charge in [0.2, 0.25) is 0 Å². The number of nitrogens with zero attached hydrogens (tertiary/aromatic N) is 3. The van der Waals surface area contributed by atoms with Gasteiger partial charge in [0.15, 0.2) is 11.5 Å². The third-order valence-electron chi connectivity index (χ3n) is 3.37. The lowest BCUT2D eigenvalue weighted by Crippen LogP contribution is -2.33. The van der Waals surface area contributed by atoms with Crippen molar-refractivity contribution >= 4 is 17.4 Å². The molecule has 0 bridgehead atoms. The van der Waals surface area contributed by atoms with E-state index in [9.17, 15) is 13.6 Å². The van der Waals surface area contributed by atoms with Gasteiger partial charge in [0, 0.05) is 13.1 Å².